The van der Waals surface area contributed by atoms with Gasteiger partial charge in [-0.3, -0.25) is 9.97 Å². The van der Waals surface area contributed by atoms with Crippen LogP contribution in [-0.4, -0.2) is 23.5 Å². The Hall–Kier alpha value is -7.05. The van der Waals surface area contributed by atoms with Crippen molar-refractivity contribution < 1.29 is 24.5 Å². The van der Waals surface area contributed by atoms with Crippen LogP contribution in [-0.2, 0) is 27.2 Å². The van der Waals surface area contributed by atoms with Gasteiger partial charge >= 0.3 is 0 Å². The monoisotopic (exact) mass is 1010 g/mol. The Bertz CT molecular complexity index is 3860. The molecule has 7 heteroatoms. The van der Waals surface area contributed by atoms with Crippen molar-refractivity contribution in [3.63, 3.8) is 0 Å². The Morgan fingerprint density at radius 3 is 1.78 bits per heavy atom. The van der Waals surface area contributed by atoms with E-state index in [1.807, 2.05) is 42.5 Å². The van der Waals surface area contributed by atoms with Gasteiger partial charge in [0.1, 0.15) is 5.58 Å². The number of rotatable bonds is 5. The average Bonchev–Trinajstić information content (AvgIpc) is 4.13. The molecule has 8 aromatic carbocycles. The normalized spacial score (nSPS) is 12.0. The fourth-order valence-corrected chi connectivity index (χ4v) is 9.97. The Balaban J connectivity index is 0.000000147. The van der Waals surface area contributed by atoms with E-state index in [-0.39, 0.29) is 20.1 Å². The zero-order valence-corrected chi connectivity index (χ0v) is 38.5. The van der Waals surface area contributed by atoms with Gasteiger partial charge in [-0.1, -0.05) is 130 Å². The molecule has 1 radical (unpaired) electrons. The number of aromatic nitrogens is 5. The number of benzene rings is 8. The van der Waals surface area contributed by atoms with Gasteiger partial charge in [0.2, 0.25) is 0 Å². The van der Waals surface area contributed by atoms with Gasteiger partial charge in [0.15, 0.2) is 0 Å². The van der Waals surface area contributed by atoms with E-state index in [9.17, 15) is 0 Å². The summed E-state index contributed by atoms with van der Waals surface area (Å²) in [7, 11) is 2.05. The van der Waals surface area contributed by atoms with Crippen molar-refractivity contribution in [2.24, 2.45) is 7.05 Å². The van der Waals surface area contributed by atoms with Crippen LogP contribution in [0.15, 0.2) is 162 Å². The van der Waals surface area contributed by atoms with E-state index in [2.05, 4.69) is 176 Å². The van der Waals surface area contributed by atoms with E-state index < -0.39 is 0 Å². The third-order valence-electron chi connectivity index (χ3n) is 12.9. The van der Waals surface area contributed by atoms with Crippen LogP contribution in [0.1, 0.15) is 50.7 Å². The molecule has 0 amide bonds. The number of nitrogens with zero attached hydrogens (tertiary/aromatic N) is 5. The number of furan rings is 1. The largest absolute Gasteiger partial charge is 0.498 e. The minimum absolute atomic E-state index is 0. The van der Waals surface area contributed by atoms with Crippen LogP contribution in [0.2, 0.25) is 0 Å². The summed E-state index contributed by atoms with van der Waals surface area (Å²) in [5, 5.41) is 7.19. The van der Waals surface area contributed by atoms with Gasteiger partial charge in [0.05, 0.1) is 55.8 Å². The maximum absolute atomic E-state index is 6.81. The van der Waals surface area contributed by atoms with E-state index in [1.54, 1.807) is 0 Å². The van der Waals surface area contributed by atoms with Crippen molar-refractivity contribution in [3.05, 3.63) is 181 Å². The van der Waals surface area contributed by atoms with E-state index in [1.165, 1.54) is 49.4 Å². The summed E-state index contributed by atoms with van der Waals surface area (Å²) >= 11 is 0. The summed E-state index contributed by atoms with van der Waals surface area (Å²) in [6.07, 6.45) is 0. The molecule has 6 nitrogen and oxygen atoms in total. The molecule has 13 rings (SSSR count). The summed E-state index contributed by atoms with van der Waals surface area (Å²) in [5.74, 6) is 2.65. The van der Waals surface area contributed by atoms with Crippen LogP contribution in [0.25, 0.3) is 111 Å². The first-order valence-electron chi connectivity index (χ1n) is 21.8. The minimum atomic E-state index is 0. The van der Waals surface area contributed by atoms with Crippen LogP contribution >= 0.6 is 0 Å². The van der Waals surface area contributed by atoms with Gasteiger partial charge in [0.25, 0.3) is 0 Å². The van der Waals surface area contributed by atoms with Crippen LogP contribution in [0.3, 0.4) is 0 Å². The quantitative estimate of drug-likeness (QED) is 0.161. The number of aryl methyl sites for hydroxylation is 1. The standard InChI is InChI=1S/C32H18N3O.C25H25N2.Ir/c1-34-27-15-5-3-13-25(27)33-32(34)24-12-7-11-22-23-17-16-21-20-10-6-9-19-18-8-2-4-14-26(18)35(28(19)20)29(21)31(23)36-30(22)24;1-17(2)20-13-10-14-21(18(3)4)24(20)27-23-16-9-8-15-22(23)26-25(27)19-11-6-5-7-12-19;/h2-11,13-17H,1H3;5-11,13-18H,1-4H3;/q2*-1;. The molecule has 0 saturated heterocycles. The first kappa shape index (κ1) is 39.8. The molecule has 0 aliphatic rings. The van der Waals surface area contributed by atoms with Crippen molar-refractivity contribution in [3.8, 4) is 28.5 Å². The molecular weight excluding hydrogens is 963 g/mol. The van der Waals surface area contributed by atoms with Gasteiger partial charge in [-0.2, -0.15) is 0 Å². The summed E-state index contributed by atoms with van der Waals surface area (Å²) in [6, 6.07) is 61.9. The van der Waals surface area contributed by atoms with Crippen LogP contribution in [0, 0.1) is 12.1 Å². The predicted octanol–water partition coefficient (Wildman–Crippen LogP) is 14.8. The fourth-order valence-electron chi connectivity index (χ4n) is 9.97. The molecule has 5 aromatic heterocycles. The number of hydrogen-bond acceptors (Lipinski definition) is 3. The van der Waals surface area contributed by atoms with Crippen molar-refractivity contribution in [2.75, 3.05) is 0 Å². The SMILES string of the molecule is CC(C)c1cccc(C(C)C)c1-n1c(-c2[c-]cccc2)nc2ccccc21.Cn1c(-c2[c-]ccc3c2oc2c3ccc3c4cccc5c6ccccc6n(c54)c32)nc2ccccc21.[Ir]. The first-order valence-corrected chi connectivity index (χ1v) is 21.8. The Kier molecular flexibility index (Phi) is 9.53. The number of imidazole rings is 2. The molecule has 13 aromatic rings. The molecule has 0 fully saturated rings. The van der Waals surface area contributed by atoms with Crippen molar-refractivity contribution in [1.29, 1.82) is 0 Å². The van der Waals surface area contributed by atoms with Gasteiger partial charge in [-0.15, -0.1) is 54.1 Å². The Morgan fingerprint density at radius 1 is 0.484 bits per heavy atom. The molecule has 0 saturated carbocycles. The molecule has 0 N–H and O–H groups in total. The fraction of sp³-hybridized carbons (Fsp3) is 0.123. The maximum atomic E-state index is 6.81. The van der Waals surface area contributed by atoms with Gasteiger partial charge in [-0.25, -0.2) is 0 Å². The van der Waals surface area contributed by atoms with Crippen LogP contribution in [0.5, 0.6) is 0 Å². The van der Waals surface area contributed by atoms with E-state index in [0.717, 1.165) is 72.3 Å². The third kappa shape index (κ3) is 5.88. The summed E-state index contributed by atoms with van der Waals surface area (Å²) < 4.78 is 13.7. The molecule has 0 aliphatic carbocycles. The Morgan fingerprint density at radius 2 is 1.06 bits per heavy atom. The zero-order chi connectivity index (χ0) is 42.5. The van der Waals surface area contributed by atoms with E-state index in [4.69, 9.17) is 14.4 Å². The summed E-state index contributed by atoms with van der Waals surface area (Å²) in [6.45, 7) is 9.04. The van der Waals surface area contributed by atoms with Gasteiger partial charge in [0, 0.05) is 59.8 Å². The summed E-state index contributed by atoms with van der Waals surface area (Å²) in [4.78, 5) is 9.93. The van der Waals surface area contributed by atoms with E-state index >= 15 is 0 Å². The third-order valence-corrected chi connectivity index (χ3v) is 12.9. The molecule has 0 atom stereocenters. The van der Waals surface area contributed by atoms with E-state index in [0.29, 0.717) is 11.8 Å². The number of hydrogen-bond donors (Lipinski definition) is 0. The van der Waals surface area contributed by atoms with Gasteiger partial charge < -0.3 is 18.0 Å². The molecule has 0 aliphatic heterocycles. The number of para-hydroxylation sites is 7. The predicted molar refractivity (Wildman–Crippen MR) is 260 cm³/mol. The molecule has 0 bridgehead atoms. The molecule has 313 valence electrons. The minimum Gasteiger partial charge on any atom is -0.498 e. The smallest absolute Gasteiger partial charge is 0.145 e. The molecule has 64 heavy (non-hydrogen) atoms. The summed E-state index contributed by atoms with van der Waals surface area (Å²) in [5.41, 5.74) is 15.4. The second-order valence-corrected chi connectivity index (χ2v) is 17.2. The van der Waals surface area contributed by atoms with Crippen molar-refractivity contribution in [2.45, 2.75) is 39.5 Å². The van der Waals surface area contributed by atoms with Crippen molar-refractivity contribution >= 4 is 82.1 Å². The second-order valence-electron chi connectivity index (χ2n) is 17.2. The molecular formula is C57H43IrN5O-2. The Labute approximate surface area is 384 Å². The topological polar surface area (TPSA) is 53.2 Å². The second kappa shape index (κ2) is 15.3. The molecule has 5 heterocycles. The van der Waals surface area contributed by atoms with Crippen molar-refractivity contribution in [1.82, 2.24) is 23.5 Å². The molecule has 0 spiro atoms. The van der Waals surface area contributed by atoms with Gasteiger partial charge in [-0.05, 0) is 53.3 Å². The van der Waals surface area contributed by atoms with Crippen LogP contribution in [0.4, 0.5) is 0 Å². The maximum Gasteiger partial charge on any atom is 0.145 e. The number of fused-ring (bicyclic) bond motifs is 12. The van der Waals surface area contributed by atoms with Crippen LogP contribution < -0.4 is 0 Å². The first-order chi connectivity index (χ1) is 30.9. The molecule has 0 unspecified atom stereocenters. The average molecular weight is 1010 g/mol. The zero-order valence-electron chi connectivity index (χ0n) is 36.1.